The molecular weight excluding hydrogens is 761 g/mol. The number of nitrogens with one attached hydrogen (secondary N) is 4. The van der Waals surface area contributed by atoms with Crippen LogP contribution in [0.25, 0.3) is 0 Å². The van der Waals surface area contributed by atoms with Crippen LogP contribution in [0.3, 0.4) is 0 Å². The topological polar surface area (TPSA) is 233 Å². The number of amides is 4. The quantitative estimate of drug-likeness (QED) is 0.0570. The van der Waals surface area contributed by atoms with Crippen LogP contribution in [-0.4, -0.2) is 93.8 Å². The summed E-state index contributed by atoms with van der Waals surface area (Å²) in [7, 11) is 0. The maximum Gasteiger partial charge on any atom is 0.407 e. The Morgan fingerprint density at radius 1 is 0.644 bits per heavy atom. The van der Waals surface area contributed by atoms with Gasteiger partial charge in [0, 0.05) is 0 Å². The molecule has 6 unspecified atom stereocenters. The van der Waals surface area contributed by atoms with Crippen molar-refractivity contribution in [1.82, 2.24) is 21.3 Å². The van der Waals surface area contributed by atoms with Crippen molar-refractivity contribution in [3.8, 4) is 0 Å². The van der Waals surface area contributed by atoms with Crippen LogP contribution in [0.1, 0.15) is 61.1 Å². The molecule has 0 aliphatic heterocycles. The maximum absolute atomic E-state index is 13.5. The molecule has 6 atom stereocenters. The van der Waals surface area contributed by atoms with E-state index in [1.54, 1.807) is 68.4 Å². The van der Waals surface area contributed by atoms with Gasteiger partial charge in [-0.25, -0.2) is 4.79 Å². The molecule has 4 aromatic rings. The normalized spacial score (nSPS) is 14.2. The predicted molar refractivity (Wildman–Crippen MR) is 216 cm³/mol. The third-order valence-electron chi connectivity index (χ3n) is 9.19. The number of carbonyl (C=O) groups is 5. The summed E-state index contributed by atoms with van der Waals surface area (Å²) < 4.78 is 11.0. The number of rotatable bonds is 21. The molecule has 0 heterocycles. The van der Waals surface area contributed by atoms with E-state index < -0.39 is 85.5 Å². The summed E-state index contributed by atoms with van der Waals surface area (Å²) in [6.45, 7) is 2.10. The Hall–Kier alpha value is -6.13. The van der Waals surface area contributed by atoms with Gasteiger partial charge in [0.2, 0.25) is 11.8 Å². The SMILES string of the molecule is CC(C)CC(NC(=O)CNC(=O)OCc1ccccc1)C(=O)NC(CO)C(O)C(O)C(O)C(=O)NC(CC(=O)OC(c1ccccc1)c1ccccc1)c1ccccc1. The molecule has 15 nitrogen and oxygen atoms in total. The molecule has 314 valence electrons. The Labute approximate surface area is 342 Å². The first-order chi connectivity index (χ1) is 28.4. The number of carbonyl (C=O) groups excluding carboxylic acids is 5. The minimum Gasteiger partial charge on any atom is -0.452 e. The Bertz CT molecular complexity index is 1880. The molecule has 0 radical (unpaired) electrons. The van der Waals surface area contributed by atoms with Gasteiger partial charge in [-0.3, -0.25) is 19.2 Å². The first-order valence-corrected chi connectivity index (χ1v) is 19.2. The second-order valence-electron chi connectivity index (χ2n) is 14.3. The summed E-state index contributed by atoms with van der Waals surface area (Å²) in [6.07, 6.45) is -8.50. The lowest BCUT2D eigenvalue weighted by molar-refractivity contribution is -0.149. The van der Waals surface area contributed by atoms with Crippen LogP contribution in [0.5, 0.6) is 0 Å². The monoisotopic (exact) mass is 812 g/mol. The molecule has 4 amide bonds. The number of alkyl carbamates (subject to hydrolysis) is 1. The molecule has 8 N–H and O–H groups in total. The Morgan fingerprint density at radius 2 is 1.17 bits per heavy atom. The van der Waals surface area contributed by atoms with E-state index in [0.717, 1.165) is 16.7 Å². The van der Waals surface area contributed by atoms with Gasteiger partial charge in [-0.15, -0.1) is 0 Å². The van der Waals surface area contributed by atoms with Crippen molar-refractivity contribution >= 4 is 29.8 Å². The molecule has 15 heteroatoms. The highest BCUT2D eigenvalue weighted by atomic mass is 16.6. The molecule has 0 bridgehead atoms. The summed E-state index contributed by atoms with van der Waals surface area (Å²) in [5, 5.41) is 52.7. The third kappa shape index (κ3) is 14.6. The standard InChI is InChI=1S/C44H52N4O11/c1-28(2)23-34(46-36(50)25-45-44(57)58-27-29-15-7-3-8-16-29)42(55)48-35(26-49)38(52)39(53)40(54)43(56)47-33(30-17-9-4-10-18-30)24-37(51)59-41(31-19-11-5-12-20-31)32-21-13-6-14-22-32/h3-22,28,33-35,38-41,49,52-54H,23-27H2,1-2H3,(H,45,57)(H,46,50)(H,47,56)(H,48,55). The van der Waals surface area contributed by atoms with E-state index in [-0.39, 0.29) is 25.4 Å². The average molecular weight is 813 g/mol. The van der Waals surface area contributed by atoms with Crippen molar-refractivity contribution in [2.75, 3.05) is 13.2 Å². The number of aliphatic hydroxyl groups excluding tert-OH is 4. The highest BCUT2D eigenvalue weighted by Crippen LogP contribution is 2.28. The lowest BCUT2D eigenvalue weighted by Crippen LogP contribution is -2.59. The third-order valence-corrected chi connectivity index (χ3v) is 9.19. The average Bonchev–Trinajstić information content (AvgIpc) is 3.25. The molecule has 4 aromatic carbocycles. The second kappa shape index (κ2) is 23.3. The van der Waals surface area contributed by atoms with Gasteiger partial charge in [0.15, 0.2) is 12.2 Å². The minimum absolute atomic E-state index is 0.0211. The Morgan fingerprint density at radius 3 is 1.69 bits per heavy atom. The van der Waals surface area contributed by atoms with E-state index in [2.05, 4.69) is 21.3 Å². The maximum atomic E-state index is 13.5. The first-order valence-electron chi connectivity index (χ1n) is 19.2. The molecule has 0 fully saturated rings. The number of aliphatic hydroxyl groups is 4. The van der Waals surface area contributed by atoms with E-state index >= 15 is 0 Å². The van der Waals surface area contributed by atoms with Crippen LogP contribution in [-0.2, 0) is 35.3 Å². The highest BCUT2D eigenvalue weighted by Gasteiger charge is 2.38. The Kier molecular flexibility index (Phi) is 18.0. The summed E-state index contributed by atoms with van der Waals surface area (Å²) in [5.41, 5.74) is 2.66. The van der Waals surface area contributed by atoms with Crippen molar-refractivity contribution in [3.63, 3.8) is 0 Å². The number of benzene rings is 4. The van der Waals surface area contributed by atoms with Gasteiger partial charge in [0.1, 0.15) is 31.4 Å². The zero-order valence-electron chi connectivity index (χ0n) is 32.8. The lowest BCUT2D eigenvalue weighted by atomic mass is 9.98. The number of hydrogen-bond acceptors (Lipinski definition) is 11. The van der Waals surface area contributed by atoms with E-state index in [4.69, 9.17) is 9.47 Å². The number of ether oxygens (including phenoxy) is 2. The van der Waals surface area contributed by atoms with Gasteiger partial charge in [0.25, 0.3) is 5.91 Å². The first kappa shape index (κ1) is 45.6. The van der Waals surface area contributed by atoms with E-state index in [0.29, 0.717) is 5.56 Å². The number of hydrogen-bond donors (Lipinski definition) is 8. The van der Waals surface area contributed by atoms with E-state index in [1.807, 2.05) is 66.7 Å². The molecule has 59 heavy (non-hydrogen) atoms. The summed E-state index contributed by atoms with van der Waals surface area (Å²) in [4.78, 5) is 65.1. The molecule has 0 saturated heterocycles. The predicted octanol–water partition coefficient (Wildman–Crippen LogP) is 2.58. The van der Waals surface area contributed by atoms with Crippen molar-refractivity contribution in [1.29, 1.82) is 0 Å². The zero-order chi connectivity index (χ0) is 42.7. The largest absolute Gasteiger partial charge is 0.452 e. The fourth-order valence-electron chi connectivity index (χ4n) is 6.10. The summed E-state index contributed by atoms with van der Waals surface area (Å²) in [6, 6.07) is 31.7. The number of esters is 1. The van der Waals surface area contributed by atoms with Crippen molar-refractivity contribution in [2.24, 2.45) is 5.92 Å². The van der Waals surface area contributed by atoms with E-state index in [1.165, 1.54) is 0 Å². The van der Waals surface area contributed by atoms with Gasteiger partial charge in [-0.1, -0.05) is 135 Å². The van der Waals surface area contributed by atoms with Crippen LogP contribution in [0.4, 0.5) is 4.79 Å². The highest BCUT2D eigenvalue weighted by molar-refractivity contribution is 5.89. The van der Waals surface area contributed by atoms with Crippen molar-refractivity contribution in [3.05, 3.63) is 144 Å². The van der Waals surface area contributed by atoms with Crippen molar-refractivity contribution in [2.45, 2.75) is 75.8 Å². The molecule has 0 aliphatic carbocycles. The van der Waals surface area contributed by atoms with Crippen molar-refractivity contribution < 1.29 is 53.9 Å². The van der Waals surface area contributed by atoms with Crippen LogP contribution in [0.15, 0.2) is 121 Å². The van der Waals surface area contributed by atoms with E-state index in [9.17, 15) is 44.4 Å². The van der Waals surface area contributed by atoms with Crippen LogP contribution >= 0.6 is 0 Å². The van der Waals surface area contributed by atoms with Crippen LogP contribution in [0.2, 0.25) is 0 Å². The second-order valence-corrected chi connectivity index (χ2v) is 14.3. The Balaban J connectivity index is 1.37. The van der Waals surface area contributed by atoms with Crippen LogP contribution in [0, 0.1) is 5.92 Å². The molecule has 0 spiro atoms. The van der Waals surface area contributed by atoms with Gasteiger partial charge < -0.3 is 51.2 Å². The molecule has 0 aliphatic rings. The molecular formula is C44H52N4O11. The summed E-state index contributed by atoms with van der Waals surface area (Å²) >= 11 is 0. The van der Waals surface area contributed by atoms with Gasteiger partial charge >= 0.3 is 12.1 Å². The van der Waals surface area contributed by atoms with Gasteiger partial charge in [-0.2, -0.15) is 0 Å². The fourth-order valence-corrected chi connectivity index (χ4v) is 6.10. The van der Waals surface area contributed by atoms with Crippen LogP contribution < -0.4 is 21.3 Å². The van der Waals surface area contributed by atoms with Gasteiger partial charge in [-0.05, 0) is 34.6 Å². The smallest absolute Gasteiger partial charge is 0.407 e. The lowest BCUT2D eigenvalue weighted by Gasteiger charge is -2.31. The van der Waals surface area contributed by atoms with Gasteiger partial charge in [0.05, 0.1) is 25.1 Å². The fraction of sp³-hybridized carbons (Fsp3) is 0.341. The molecule has 0 saturated carbocycles. The zero-order valence-corrected chi connectivity index (χ0v) is 32.8. The summed E-state index contributed by atoms with van der Waals surface area (Å²) in [5.74, 6) is -3.56. The molecule has 0 aromatic heterocycles. The minimum atomic E-state index is -2.29. The molecule has 4 rings (SSSR count).